The second kappa shape index (κ2) is 5.90. The predicted molar refractivity (Wildman–Crippen MR) is 74.3 cm³/mol. The van der Waals surface area contributed by atoms with E-state index in [1.54, 1.807) is 11.8 Å². The quantitative estimate of drug-likeness (QED) is 0.624. The first kappa shape index (κ1) is 15.0. The van der Waals surface area contributed by atoms with Crippen molar-refractivity contribution < 1.29 is 19.2 Å². The molecule has 1 aromatic carbocycles. The van der Waals surface area contributed by atoms with Crippen LogP contribution in [-0.4, -0.2) is 41.7 Å². The van der Waals surface area contributed by atoms with E-state index < -0.39 is 4.92 Å². The molecule has 1 heterocycles. The fraction of sp³-hybridized carbons (Fsp3) is 0.429. The Morgan fingerprint density at radius 1 is 1.48 bits per heavy atom. The van der Waals surface area contributed by atoms with Crippen molar-refractivity contribution in [3.63, 3.8) is 0 Å². The number of amides is 1. The Hall–Kier alpha value is -2.44. The molecule has 7 heteroatoms. The van der Waals surface area contributed by atoms with Gasteiger partial charge in [-0.2, -0.15) is 0 Å². The lowest BCUT2D eigenvalue weighted by Crippen LogP contribution is -2.43. The van der Waals surface area contributed by atoms with Gasteiger partial charge in [0.25, 0.3) is 5.91 Å². The molecule has 0 radical (unpaired) electrons. The average Bonchev–Trinajstić information content (AvgIpc) is 2.48. The SMILES string of the molecule is COc1ccc(C(=O)N2CCC(=O)C(C)C2)cc1[N+](=O)[O-]. The Bertz CT molecular complexity index is 599. The highest BCUT2D eigenvalue weighted by Gasteiger charge is 2.28. The van der Waals surface area contributed by atoms with Gasteiger partial charge < -0.3 is 9.64 Å². The number of piperidine rings is 1. The molecule has 1 fully saturated rings. The van der Waals surface area contributed by atoms with Crippen LogP contribution in [0, 0.1) is 16.0 Å². The van der Waals surface area contributed by atoms with Crippen LogP contribution in [0.25, 0.3) is 0 Å². The predicted octanol–water partition coefficient (Wildman–Crippen LogP) is 1.65. The first-order valence-corrected chi connectivity index (χ1v) is 6.58. The number of hydrogen-bond acceptors (Lipinski definition) is 5. The molecule has 0 aromatic heterocycles. The van der Waals surface area contributed by atoms with Crippen LogP contribution < -0.4 is 4.74 Å². The van der Waals surface area contributed by atoms with E-state index in [1.807, 2.05) is 0 Å². The maximum atomic E-state index is 12.4. The van der Waals surface area contributed by atoms with Crippen LogP contribution in [0.1, 0.15) is 23.7 Å². The molecule has 112 valence electrons. The van der Waals surface area contributed by atoms with E-state index in [9.17, 15) is 19.7 Å². The van der Waals surface area contributed by atoms with E-state index in [4.69, 9.17) is 4.74 Å². The number of nitro benzene ring substituents is 1. The van der Waals surface area contributed by atoms with Crippen molar-refractivity contribution in [3.8, 4) is 5.75 Å². The molecule has 0 saturated carbocycles. The van der Waals surface area contributed by atoms with Gasteiger partial charge in [-0.1, -0.05) is 6.92 Å². The molecule has 1 aliphatic rings. The maximum Gasteiger partial charge on any atom is 0.311 e. The van der Waals surface area contributed by atoms with Crippen molar-refractivity contribution in [2.24, 2.45) is 5.92 Å². The standard InChI is InChI=1S/C14H16N2O5/c1-9-8-15(6-5-12(9)17)14(18)10-3-4-13(21-2)11(7-10)16(19)20/h3-4,7,9H,5-6,8H2,1-2H3. The van der Waals surface area contributed by atoms with Gasteiger partial charge in [0.05, 0.1) is 12.0 Å². The topological polar surface area (TPSA) is 89.8 Å². The number of ketones is 1. The van der Waals surface area contributed by atoms with E-state index in [0.717, 1.165) is 0 Å². The molecule has 0 spiro atoms. The van der Waals surface area contributed by atoms with Gasteiger partial charge in [0.1, 0.15) is 5.78 Å². The fourth-order valence-electron chi connectivity index (χ4n) is 2.35. The molecule has 1 atom stereocenters. The van der Waals surface area contributed by atoms with Crippen molar-refractivity contribution in [2.75, 3.05) is 20.2 Å². The molecule has 1 unspecified atom stereocenters. The number of ether oxygens (including phenoxy) is 1. The van der Waals surface area contributed by atoms with Gasteiger partial charge in [-0.25, -0.2) is 0 Å². The minimum absolute atomic E-state index is 0.110. The van der Waals surface area contributed by atoms with Crippen LogP contribution >= 0.6 is 0 Å². The van der Waals surface area contributed by atoms with Gasteiger partial charge in [-0.3, -0.25) is 19.7 Å². The lowest BCUT2D eigenvalue weighted by molar-refractivity contribution is -0.385. The van der Waals surface area contributed by atoms with E-state index in [0.29, 0.717) is 19.5 Å². The van der Waals surface area contributed by atoms with Gasteiger partial charge in [-0.05, 0) is 12.1 Å². The number of nitro groups is 1. The number of rotatable bonds is 3. The normalized spacial score (nSPS) is 18.5. The van der Waals surface area contributed by atoms with Gasteiger partial charge in [-0.15, -0.1) is 0 Å². The van der Waals surface area contributed by atoms with Crippen LogP contribution in [0.2, 0.25) is 0 Å². The van der Waals surface area contributed by atoms with Crippen LogP contribution in [0.15, 0.2) is 18.2 Å². The van der Waals surface area contributed by atoms with Crippen LogP contribution in [0.4, 0.5) is 5.69 Å². The summed E-state index contributed by atoms with van der Waals surface area (Å²) in [5, 5.41) is 11.0. The number of nitrogens with zero attached hydrogens (tertiary/aromatic N) is 2. The first-order valence-electron chi connectivity index (χ1n) is 6.58. The Morgan fingerprint density at radius 3 is 2.76 bits per heavy atom. The molecule has 1 aromatic rings. The van der Waals surface area contributed by atoms with Crippen LogP contribution in [-0.2, 0) is 4.79 Å². The number of methoxy groups -OCH3 is 1. The fourth-order valence-corrected chi connectivity index (χ4v) is 2.35. The monoisotopic (exact) mass is 292 g/mol. The zero-order valence-electron chi connectivity index (χ0n) is 11.9. The number of likely N-dealkylation sites (tertiary alicyclic amines) is 1. The van der Waals surface area contributed by atoms with Crippen molar-refractivity contribution >= 4 is 17.4 Å². The first-order chi connectivity index (χ1) is 9.93. The van der Waals surface area contributed by atoms with Crippen LogP contribution in [0.3, 0.4) is 0 Å². The number of benzene rings is 1. The summed E-state index contributed by atoms with van der Waals surface area (Å²) < 4.78 is 4.91. The minimum atomic E-state index is -0.585. The van der Waals surface area contributed by atoms with Crippen molar-refractivity contribution in [1.29, 1.82) is 0 Å². The summed E-state index contributed by atoms with van der Waals surface area (Å²) in [5.74, 6) is -0.255. The largest absolute Gasteiger partial charge is 0.490 e. The van der Waals surface area contributed by atoms with Crippen molar-refractivity contribution in [2.45, 2.75) is 13.3 Å². The summed E-state index contributed by atoms with van der Waals surface area (Å²) in [6.45, 7) is 2.47. The molecule has 2 rings (SSSR count). The molecular formula is C14H16N2O5. The number of Topliss-reactive ketones (excluding diaryl/α,β-unsaturated/α-hetero) is 1. The van der Waals surface area contributed by atoms with Crippen molar-refractivity contribution in [1.82, 2.24) is 4.90 Å². The number of hydrogen-bond donors (Lipinski definition) is 0. The zero-order chi connectivity index (χ0) is 15.6. The van der Waals surface area contributed by atoms with Crippen molar-refractivity contribution in [3.05, 3.63) is 33.9 Å². The summed E-state index contributed by atoms with van der Waals surface area (Å²) in [6.07, 6.45) is 0.325. The van der Waals surface area contributed by atoms with E-state index in [-0.39, 0.29) is 34.6 Å². The van der Waals surface area contributed by atoms with Gasteiger partial charge >= 0.3 is 5.69 Å². The molecule has 1 aliphatic heterocycles. The van der Waals surface area contributed by atoms with Crippen LogP contribution in [0.5, 0.6) is 5.75 Å². The third-order valence-corrected chi connectivity index (χ3v) is 3.58. The lowest BCUT2D eigenvalue weighted by Gasteiger charge is -2.30. The summed E-state index contributed by atoms with van der Waals surface area (Å²) in [7, 11) is 1.34. The van der Waals surface area contributed by atoms with Gasteiger partial charge in [0.15, 0.2) is 5.75 Å². The van der Waals surface area contributed by atoms with Gasteiger partial charge in [0, 0.05) is 37.1 Å². The second-order valence-electron chi connectivity index (χ2n) is 5.01. The molecule has 1 amide bonds. The Kier molecular flexibility index (Phi) is 4.21. The highest BCUT2D eigenvalue weighted by atomic mass is 16.6. The van der Waals surface area contributed by atoms with E-state index >= 15 is 0 Å². The molecule has 0 N–H and O–H groups in total. The highest BCUT2D eigenvalue weighted by molar-refractivity contribution is 5.96. The smallest absolute Gasteiger partial charge is 0.311 e. The minimum Gasteiger partial charge on any atom is -0.490 e. The molecule has 21 heavy (non-hydrogen) atoms. The highest BCUT2D eigenvalue weighted by Crippen LogP contribution is 2.28. The molecule has 1 saturated heterocycles. The summed E-state index contributed by atoms with van der Waals surface area (Å²) in [5.41, 5.74) is -0.0199. The van der Waals surface area contributed by atoms with E-state index in [1.165, 1.54) is 25.3 Å². The number of carbonyl (C=O) groups is 2. The maximum absolute atomic E-state index is 12.4. The summed E-state index contributed by atoms with van der Waals surface area (Å²) >= 11 is 0. The van der Waals surface area contributed by atoms with E-state index in [2.05, 4.69) is 0 Å². The zero-order valence-corrected chi connectivity index (χ0v) is 11.9. The average molecular weight is 292 g/mol. The summed E-state index contributed by atoms with van der Waals surface area (Å²) in [6, 6.07) is 4.11. The van der Waals surface area contributed by atoms with Gasteiger partial charge in [0.2, 0.25) is 0 Å². The second-order valence-corrected chi connectivity index (χ2v) is 5.01. The third kappa shape index (κ3) is 3.01. The Balaban J connectivity index is 2.25. The molecule has 7 nitrogen and oxygen atoms in total. The molecule has 0 aliphatic carbocycles. The lowest BCUT2D eigenvalue weighted by atomic mass is 9.98. The Morgan fingerprint density at radius 2 is 2.19 bits per heavy atom. The Labute approximate surface area is 121 Å². The number of carbonyl (C=O) groups excluding carboxylic acids is 2. The summed E-state index contributed by atoms with van der Waals surface area (Å²) in [4.78, 5) is 35.8. The molecular weight excluding hydrogens is 276 g/mol. The third-order valence-electron chi connectivity index (χ3n) is 3.58. The molecule has 0 bridgehead atoms.